The van der Waals surface area contributed by atoms with E-state index < -0.39 is 6.09 Å². The molecule has 0 fully saturated rings. The van der Waals surface area contributed by atoms with E-state index in [1.54, 1.807) is 0 Å². The van der Waals surface area contributed by atoms with Crippen molar-refractivity contribution in [1.82, 2.24) is 15.1 Å². The first kappa shape index (κ1) is 14.2. The highest BCUT2D eigenvalue weighted by atomic mass is 32.1. The molecule has 0 atom stereocenters. The predicted molar refractivity (Wildman–Crippen MR) is 81.9 cm³/mol. The van der Waals surface area contributed by atoms with Gasteiger partial charge in [-0.05, 0) is 0 Å². The molecule has 8 heteroatoms. The average molecular weight is 316 g/mol. The van der Waals surface area contributed by atoms with Crippen molar-refractivity contribution in [3.8, 4) is 22.0 Å². The number of nitrogens with zero attached hydrogens (tertiary/aromatic N) is 3. The summed E-state index contributed by atoms with van der Waals surface area (Å²) in [5.74, 6) is 0.932. The van der Waals surface area contributed by atoms with Crippen molar-refractivity contribution in [2.45, 2.75) is 13.3 Å². The molecule has 2 N–H and O–H groups in total. The number of amides is 1. The fraction of sp³-hybridized carbons (Fsp3) is 0.143. The van der Waals surface area contributed by atoms with Crippen LogP contribution in [0.5, 0.6) is 0 Å². The number of aryl methyl sites for hydroxylation is 1. The molecule has 22 heavy (non-hydrogen) atoms. The third kappa shape index (κ3) is 2.82. The number of anilines is 1. The Labute approximate surface area is 129 Å². The Bertz CT molecular complexity index is 798. The molecular formula is C14H12N4O3S. The first-order valence-electron chi connectivity index (χ1n) is 6.56. The Morgan fingerprint density at radius 1 is 1.32 bits per heavy atom. The number of benzene rings is 1. The highest BCUT2D eigenvalue weighted by molar-refractivity contribution is 7.19. The molecular weight excluding hydrogens is 304 g/mol. The summed E-state index contributed by atoms with van der Waals surface area (Å²) in [6.45, 7) is 1.93. The van der Waals surface area contributed by atoms with E-state index in [1.165, 1.54) is 0 Å². The van der Waals surface area contributed by atoms with E-state index in [4.69, 9.17) is 9.63 Å². The SMILES string of the molecule is CCc1noc(-c2sc(NC(=O)O)nc2-c2ccccc2)n1. The Kier molecular flexibility index (Phi) is 3.84. The molecule has 0 unspecified atom stereocenters. The van der Waals surface area contributed by atoms with E-state index in [0.29, 0.717) is 28.7 Å². The summed E-state index contributed by atoms with van der Waals surface area (Å²) in [6, 6.07) is 9.44. The van der Waals surface area contributed by atoms with Crippen LogP contribution in [0.25, 0.3) is 22.0 Å². The van der Waals surface area contributed by atoms with E-state index in [-0.39, 0.29) is 5.13 Å². The topological polar surface area (TPSA) is 101 Å². The standard InChI is InChI=1S/C14H12N4O3S/c1-2-9-15-12(21-18-9)11-10(8-6-4-3-5-7-8)16-13(22-11)17-14(19)20/h3-7H,2H2,1H3,(H,16,17)(H,19,20). The van der Waals surface area contributed by atoms with Gasteiger partial charge >= 0.3 is 6.09 Å². The summed E-state index contributed by atoms with van der Waals surface area (Å²) < 4.78 is 5.26. The maximum atomic E-state index is 10.8. The Hall–Kier alpha value is -2.74. The summed E-state index contributed by atoms with van der Waals surface area (Å²) in [7, 11) is 0. The van der Waals surface area contributed by atoms with Gasteiger partial charge in [0, 0.05) is 12.0 Å². The highest BCUT2D eigenvalue weighted by Gasteiger charge is 2.20. The molecule has 7 nitrogen and oxygen atoms in total. The molecule has 2 heterocycles. The second-order valence-electron chi connectivity index (χ2n) is 4.36. The summed E-state index contributed by atoms with van der Waals surface area (Å²) >= 11 is 1.16. The van der Waals surface area contributed by atoms with E-state index >= 15 is 0 Å². The summed E-state index contributed by atoms with van der Waals surface area (Å²) in [4.78, 5) is 20.1. The monoisotopic (exact) mass is 316 g/mol. The first-order chi connectivity index (χ1) is 10.7. The fourth-order valence-corrected chi connectivity index (χ4v) is 2.79. The van der Waals surface area contributed by atoms with Gasteiger partial charge in [0.2, 0.25) is 0 Å². The van der Waals surface area contributed by atoms with Gasteiger partial charge in [-0.15, -0.1) is 0 Å². The van der Waals surface area contributed by atoms with Gasteiger partial charge in [-0.3, -0.25) is 5.32 Å². The zero-order valence-electron chi connectivity index (χ0n) is 11.6. The van der Waals surface area contributed by atoms with Crippen molar-refractivity contribution >= 4 is 22.6 Å². The third-order valence-corrected chi connectivity index (χ3v) is 3.83. The van der Waals surface area contributed by atoms with Crippen LogP contribution < -0.4 is 5.32 Å². The molecule has 0 saturated carbocycles. The number of carboxylic acid groups (broad SMARTS) is 1. The number of thiazole rings is 1. The molecule has 0 spiro atoms. The fourth-order valence-electron chi connectivity index (χ4n) is 1.89. The number of carbonyl (C=O) groups is 1. The molecule has 0 bridgehead atoms. The van der Waals surface area contributed by atoms with Crippen LogP contribution in [0.15, 0.2) is 34.9 Å². The number of nitrogens with one attached hydrogen (secondary N) is 1. The van der Waals surface area contributed by atoms with Crippen molar-refractivity contribution in [2.75, 3.05) is 5.32 Å². The van der Waals surface area contributed by atoms with Crippen molar-refractivity contribution < 1.29 is 14.4 Å². The largest absolute Gasteiger partial charge is 0.465 e. The number of rotatable bonds is 4. The van der Waals surface area contributed by atoms with Gasteiger partial charge in [-0.25, -0.2) is 9.78 Å². The predicted octanol–water partition coefficient (Wildman–Crippen LogP) is 3.51. The molecule has 3 rings (SSSR count). The minimum absolute atomic E-state index is 0.262. The van der Waals surface area contributed by atoms with Crippen molar-refractivity contribution in [1.29, 1.82) is 0 Å². The van der Waals surface area contributed by atoms with E-state index in [1.807, 2.05) is 37.3 Å². The Morgan fingerprint density at radius 2 is 2.09 bits per heavy atom. The molecule has 0 aliphatic rings. The van der Waals surface area contributed by atoms with Gasteiger partial charge in [0.1, 0.15) is 4.88 Å². The van der Waals surface area contributed by atoms with Crippen LogP contribution in [-0.2, 0) is 6.42 Å². The molecule has 0 radical (unpaired) electrons. The average Bonchev–Trinajstić information content (AvgIpc) is 3.13. The third-order valence-electron chi connectivity index (χ3n) is 2.87. The van der Waals surface area contributed by atoms with Crippen LogP contribution in [0.2, 0.25) is 0 Å². The minimum Gasteiger partial charge on any atom is -0.465 e. The number of aromatic nitrogens is 3. The number of hydrogen-bond acceptors (Lipinski definition) is 6. The van der Waals surface area contributed by atoms with Crippen molar-refractivity contribution in [2.24, 2.45) is 0 Å². The zero-order chi connectivity index (χ0) is 15.5. The molecule has 1 aromatic carbocycles. The molecule has 3 aromatic rings. The van der Waals surface area contributed by atoms with Crippen molar-refractivity contribution in [3.05, 3.63) is 36.2 Å². The maximum Gasteiger partial charge on any atom is 0.410 e. The van der Waals surface area contributed by atoms with Crippen LogP contribution >= 0.6 is 11.3 Å². The molecule has 0 aliphatic carbocycles. The summed E-state index contributed by atoms with van der Waals surface area (Å²) in [5, 5.41) is 15.2. The second-order valence-corrected chi connectivity index (χ2v) is 5.36. The molecule has 0 aliphatic heterocycles. The van der Waals surface area contributed by atoms with Gasteiger partial charge in [0.25, 0.3) is 5.89 Å². The molecule has 2 aromatic heterocycles. The normalized spacial score (nSPS) is 10.6. The van der Waals surface area contributed by atoms with Crippen LogP contribution in [0, 0.1) is 0 Å². The number of hydrogen-bond donors (Lipinski definition) is 2. The van der Waals surface area contributed by atoms with Crippen LogP contribution in [0.1, 0.15) is 12.7 Å². The minimum atomic E-state index is -1.17. The Balaban J connectivity index is 2.10. The highest BCUT2D eigenvalue weighted by Crippen LogP contribution is 2.38. The van der Waals surface area contributed by atoms with Crippen LogP contribution in [0.4, 0.5) is 9.93 Å². The van der Waals surface area contributed by atoms with Gasteiger partial charge in [0.15, 0.2) is 11.0 Å². The lowest BCUT2D eigenvalue weighted by Crippen LogP contribution is -2.06. The van der Waals surface area contributed by atoms with Crippen molar-refractivity contribution in [3.63, 3.8) is 0 Å². The summed E-state index contributed by atoms with van der Waals surface area (Å²) in [5.41, 5.74) is 1.46. The lowest BCUT2D eigenvalue weighted by Gasteiger charge is -1.97. The van der Waals surface area contributed by atoms with Gasteiger partial charge in [0.05, 0.1) is 5.69 Å². The van der Waals surface area contributed by atoms with E-state index in [9.17, 15) is 4.79 Å². The zero-order valence-corrected chi connectivity index (χ0v) is 12.4. The molecule has 1 amide bonds. The smallest absolute Gasteiger partial charge is 0.410 e. The molecule has 0 saturated heterocycles. The van der Waals surface area contributed by atoms with E-state index in [2.05, 4.69) is 20.4 Å². The van der Waals surface area contributed by atoms with E-state index in [0.717, 1.165) is 16.9 Å². The van der Waals surface area contributed by atoms with Gasteiger partial charge < -0.3 is 9.63 Å². The Morgan fingerprint density at radius 3 is 2.73 bits per heavy atom. The quantitative estimate of drug-likeness (QED) is 0.763. The van der Waals surface area contributed by atoms with Gasteiger partial charge in [-0.2, -0.15) is 4.98 Å². The lowest BCUT2D eigenvalue weighted by atomic mass is 10.1. The van der Waals surface area contributed by atoms with Gasteiger partial charge in [-0.1, -0.05) is 53.7 Å². The molecule has 112 valence electrons. The van der Waals surface area contributed by atoms with Crippen LogP contribution in [0.3, 0.4) is 0 Å². The first-order valence-corrected chi connectivity index (χ1v) is 7.38. The van der Waals surface area contributed by atoms with Crippen LogP contribution in [-0.4, -0.2) is 26.3 Å². The second kappa shape index (κ2) is 5.94. The maximum absolute atomic E-state index is 10.8. The lowest BCUT2D eigenvalue weighted by molar-refractivity contribution is 0.209. The summed E-state index contributed by atoms with van der Waals surface area (Å²) in [6.07, 6.45) is -0.511.